The van der Waals surface area contributed by atoms with E-state index in [9.17, 15) is 20.0 Å². The lowest BCUT2D eigenvalue weighted by molar-refractivity contribution is -0.385. The number of hydrogen-bond acceptors (Lipinski definition) is 7. The Morgan fingerprint density at radius 1 is 1.32 bits per heavy atom. The van der Waals surface area contributed by atoms with Gasteiger partial charge in [0.1, 0.15) is 0 Å². The molecule has 0 bridgehead atoms. The minimum atomic E-state index is -0.610. The number of nitro benzene ring substituents is 1. The van der Waals surface area contributed by atoms with Crippen molar-refractivity contribution in [2.45, 2.75) is 13.8 Å². The predicted octanol–water partition coefficient (Wildman–Crippen LogP) is 3.19. The molecule has 0 aromatic heterocycles. The second-order valence-electron chi connectivity index (χ2n) is 5.59. The fourth-order valence-electron chi connectivity index (χ4n) is 2.18. The molecule has 0 aliphatic rings. The van der Waals surface area contributed by atoms with Crippen molar-refractivity contribution in [2.24, 2.45) is 5.10 Å². The zero-order valence-corrected chi connectivity index (χ0v) is 15.9. The van der Waals surface area contributed by atoms with E-state index in [-0.39, 0.29) is 28.0 Å². The van der Waals surface area contributed by atoms with Gasteiger partial charge in [-0.2, -0.15) is 5.10 Å². The molecule has 2 rings (SSSR count). The molecular weight excluding hydrogens is 390 g/mol. The van der Waals surface area contributed by atoms with E-state index in [0.29, 0.717) is 17.7 Å². The van der Waals surface area contributed by atoms with Crippen molar-refractivity contribution >= 4 is 29.4 Å². The number of aryl methyl sites for hydroxylation is 1. The van der Waals surface area contributed by atoms with Gasteiger partial charge < -0.3 is 14.6 Å². The Hall–Kier alpha value is -3.33. The van der Waals surface area contributed by atoms with Crippen molar-refractivity contribution in [3.8, 4) is 17.2 Å². The van der Waals surface area contributed by atoms with E-state index in [4.69, 9.17) is 21.1 Å². The second kappa shape index (κ2) is 9.56. The molecule has 0 aliphatic carbocycles. The van der Waals surface area contributed by atoms with Crippen LogP contribution in [0.3, 0.4) is 0 Å². The maximum atomic E-state index is 11.8. The molecule has 0 unspecified atom stereocenters. The highest BCUT2D eigenvalue weighted by Crippen LogP contribution is 2.34. The summed E-state index contributed by atoms with van der Waals surface area (Å²) in [5.41, 5.74) is 3.20. The molecule has 0 atom stereocenters. The van der Waals surface area contributed by atoms with Crippen LogP contribution in [0.25, 0.3) is 0 Å². The number of nitrogens with zero attached hydrogens (tertiary/aromatic N) is 2. The first kappa shape index (κ1) is 21.0. The van der Waals surface area contributed by atoms with Crippen molar-refractivity contribution in [2.75, 3.05) is 13.2 Å². The summed E-state index contributed by atoms with van der Waals surface area (Å²) in [4.78, 5) is 22.3. The molecule has 0 radical (unpaired) electrons. The summed E-state index contributed by atoms with van der Waals surface area (Å²) in [5, 5.41) is 24.7. The standard InChI is InChI=1S/C18H18ClN3O6/c1-3-27-16-8-12(7-13(19)18(16)24)9-20-21-17(23)10-28-15-5-4-11(2)6-14(15)22(25)26/h4-9,24H,3,10H2,1-2H3,(H,21,23)/b20-9+. The van der Waals surface area contributed by atoms with Crippen LogP contribution in [-0.4, -0.2) is 35.4 Å². The van der Waals surface area contributed by atoms with Crippen molar-refractivity contribution in [1.82, 2.24) is 5.43 Å². The van der Waals surface area contributed by atoms with Crippen LogP contribution in [0.2, 0.25) is 5.02 Å². The highest BCUT2D eigenvalue weighted by Gasteiger charge is 2.16. The second-order valence-corrected chi connectivity index (χ2v) is 6.00. The fourth-order valence-corrected chi connectivity index (χ4v) is 2.40. The van der Waals surface area contributed by atoms with Crippen LogP contribution < -0.4 is 14.9 Å². The molecule has 1 amide bonds. The Balaban J connectivity index is 1.97. The van der Waals surface area contributed by atoms with Gasteiger partial charge in [0, 0.05) is 6.07 Å². The smallest absolute Gasteiger partial charge is 0.311 e. The number of ether oxygens (including phenoxy) is 2. The molecule has 9 nitrogen and oxygen atoms in total. The van der Waals surface area contributed by atoms with Crippen LogP contribution in [0, 0.1) is 17.0 Å². The van der Waals surface area contributed by atoms with Crippen LogP contribution in [0.4, 0.5) is 5.69 Å². The molecule has 0 aliphatic heterocycles. The van der Waals surface area contributed by atoms with Crippen LogP contribution in [0.1, 0.15) is 18.1 Å². The number of hydrogen-bond donors (Lipinski definition) is 2. The monoisotopic (exact) mass is 407 g/mol. The summed E-state index contributed by atoms with van der Waals surface area (Å²) in [6.45, 7) is 3.35. The molecule has 0 saturated heterocycles. The Labute approximate surface area is 165 Å². The third-order valence-corrected chi connectivity index (χ3v) is 3.71. The molecule has 2 aromatic carbocycles. The molecule has 148 valence electrons. The Morgan fingerprint density at radius 2 is 2.07 bits per heavy atom. The van der Waals surface area contributed by atoms with Gasteiger partial charge in [0.25, 0.3) is 5.91 Å². The van der Waals surface area contributed by atoms with E-state index in [1.807, 2.05) is 0 Å². The zero-order chi connectivity index (χ0) is 20.7. The molecular formula is C18H18ClN3O6. The van der Waals surface area contributed by atoms with Gasteiger partial charge in [0.05, 0.1) is 22.8 Å². The van der Waals surface area contributed by atoms with Gasteiger partial charge in [-0.25, -0.2) is 5.43 Å². The van der Waals surface area contributed by atoms with Gasteiger partial charge in [-0.1, -0.05) is 17.7 Å². The minimum Gasteiger partial charge on any atom is -0.503 e. The van der Waals surface area contributed by atoms with E-state index in [1.54, 1.807) is 19.9 Å². The number of aromatic hydroxyl groups is 1. The van der Waals surface area contributed by atoms with Crippen molar-refractivity contribution in [1.29, 1.82) is 0 Å². The lowest BCUT2D eigenvalue weighted by atomic mass is 10.2. The average Bonchev–Trinajstić information content (AvgIpc) is 2.64. The number of nitro groups is 1. The van der Waals surface area contributed by atoms with E-state index in [1.165, 1.54) is 30.5 Å². The van der Waals surface area contributed by atoms with Gasteiger partial charge in [-0.3, -0.25) is 14.9 Å². The van der Waals surface area contributed by atoms with Crippen molar-refractivity contribution < 1.29 is 24.3 Å². The van der Waals surface area contributed by atoms with Crippen molar-refractivity contribution in [3.63, 3.8) is 0 Å². The number of nitrogens with one attached hydrogen (secondary N) is 1. The number of amides is 1. The maximum absolute atomic E-state index is 11.8. The number of hydrazone groups is 1. The highest BCUT2D eigenvalue weighted by molar-refractivity contribution is 6.32. The Kier molecular flexibility index (Phi) is 7.16. The number of carbonyl (C=O) groups excluding carboxylic acids is 1. The Morgan fingerprint density at radius 3 is 2.75 bits per heavy atom. The normalized spacial score (nSPS) is 10.7. The molecule has 0 heterocycles. The number of carbonyl (C=O) groups is 1. The molecule has 2 aromatic rings. The number of phenolic OH excluding ortho intramolecular Hbond substituents is 1. The lowest BCUT2D eigenvalue weighted by Gasteiger charge is -2.08. The number of benzene rings is 2. The number of rotatable bonds is 8. The van der Waals surface area contributed by atoms with Crippen molar-refractivity contribution in [3.05, 3.63) is 56.6 Å². The Bertz CT molecular complexity index is 916. The quantitative estimate of drug-likeness (QED) is 0.393. The average molecular weight is 408 g/mol. The third kappa shape index (κ3) is 5.58. The van der Waals surface area contributed by atoms with Gasteiger partial charge >= 0.3 is 5.69 Å². The molecule has 28 heavy (non-hydrogen) atoms. The van der Waals surface area contributed by atoms with Gasteiger partial charge in [0.15, 0.2) is 23.9 Å². The molecule has 0 spiro atoms. The van der Waals surface area contributed by atoms with Crippen LogP contribution in [0.15, 0.2) is 35.4 Å². The van der Waals surface area contributed by atoms with Gasteiger partial charge in [0.2, 0.25) is 0 Å². The van der Waals surface area contributed by atoms with E-state index in [0.717, 1.165) is 0 Å². The van der Waals surface area contributed by atoms with Gasteiger partial charge in [-0.05, 0) is 43.2 Å². The first-order valence-corrected chi connectivity index (χ1v) is 8.54. The summed E-state index contributed by atoms with van der Waals surface area (Å²) < 4.78 is 10.5. The summed E-state index contributed by atoms with van der Waals surface area (Å²) in [7, 11) is 0. The summed E-state index contributed by atoms with van der Waals surface area (Å²) in [5.74, 6) is -0.613. The van der Waals surface area contributed by atoms with Gasteiger partial charge in [-0.15, -0.1) is 0 Å². The topological polar surface area (TPSA) is 123 Å². The summed E-state index contributed by atoms with van der Waals surface area (Å²) >= 11 is 5.91. The van der Waals surface area contributed by atoms with Crippen LogP contribution >= 0.6 is 11.6 Å². The highest BCUT2D eigenvalue weighted by atomic mass is 35.5. The number of phenols is 1. The number of halogens is 1. The largest absolute Gasteiger partial charge is 0.503 e. The van der Waals surface area contributed by atoms with Crippen LogP contribution in [0.5, 0.6) is 17.2 Å². The summed E-state index contributed by atoms with van der Waals surface area (Å²) in [6.07, 6.45) is 1.31. The van der Waals surface area contributed by atoms with E-state index in [2.05, 4.69) is 10.5 Å². The molecule has 0 saturated carbocycles. The SMILES string of the molecule is CCOc1cc(/C=N/NC(=O)COc2ccc(C)cc2[N+](=O)[O-])cc(Cl)c1O. The molecule has 2 N–H and O–H groups in total. The first-order valence-electron chi connectivity index (χ1n) is 8.16. The van der Waals surface area contributed by atoms with E-state index < -0.39 is 17.4 Å². The minimum absolute atomic E-state index is 0.0126. The molecule has 10 heteroatoms. The van der Waals surface area contributed by atoms with E-state index >= 15 is 0 Å². The third-order valence-electron chi connectivity index (χ3n) is 3.42. The lowest BCUT2D eigenvalue weighted by Crippen LogP contribution is -2.24. The predicted molar refractivity (Wildman–Crippen MR) is 103 cm³/mol. The maximum Gasteiger partial charge on any atom is 0.311 e. The summed E-state index contributed by atoms with van der Waals surface area (Å²) in [6, 6.07) is 7.38. The fraction of sp³-hybridized carbons (Fsp3) is 0.222. The molecule has 0 fully saturated rings. The first-order chi connectivity index (χ1) is 13.3. The van der Waals surface area contributed by atoms with Crippen LogP contribution in [-0.2, 0) is 4.79 Å². The zero-order valence-electron chi connectivity index (χ0n) is 15.1.